The topological polar surface area (TPSA) is 95.5 Å². The third kappa shape index (κ3) is 2.62. The number of benzene rings is 1. The van der Waals surface area contributed by atoms with Crippen molar-refractivity contribution in [3.05, 3.63) is 24.3 Å². The average Bonchev–Trinajstić information content (AvgIpc) is 2.32. The fourth-order valence-corrected chi connectivity index (χ4v) is 3.15. The lowest BCUT2D eigenvalue weighted by Crippen LogP contribution is -2.50. The molecule has 1 aromatic rings. The van der Waals surface area contributed by atoms with E-state index in [1.54, 1.807) is 0 Å². The molecule has 7 heteroatoms. The lowest BCUT2D eigenvalue weighted by molar-refractivity contribution is -0.124. The summed E-state index contributed by atoms with van der Waals surface area (Å²) >= 11 is 0. The monoisotopic (exact) mass is 270 g/mol. The van der Waals surface area contributed by atoms with Gasteiger partial charge in [-0.25, -0.2) is 8.42 Å². The van der Waals surface area contributed by atoms with E-state index in [-0.39, 0.29) is 16.6 Å². The molecule has 1 fully saturated rings. The van der Waals surface area contributed by atoms with Crippen LogP contribution in [0.5, 0.6) is 5.75 Å². The minimum Gasteiger partial charge on any atom is -0.507 e. The Morgan fingerprint density at radius 2 is 2.06 bits per heavy atom. The van der Waals surface area contributed by atoms with Crippen molar-refractivity contribution in [2.24, 2.45) is 0 Å². The minimum atomic E-state index is -3.88. The number of amides is 1. The Hall–Kier alpha value is -1.60. The summed E-state index contributed by atoms with van der Waals surface area (Å²) in [6.45, 7) is 0.563. The number of rotatable bonds is 3. The molecular weight excluding hydrogens is 256 g/mol. The van der Waals surface area contributed by atoms with Crippen molar-refractivity contribution in [3.8, 4) is 5.75 Å². The fourth-order valence-electron chi connectivity index (χ4n) is 1.82. The summed E-state index contributed by atoms with van der Waals surface area (Å²) in [6, 6.07) is 4.84. The average molecular weight is 270 g/mol. The minimum absolute atomic E-state index is 0.219. The third-order valence-electron chi connectivity index (χ3n) is 2.74. The van der Waals surface area contributed by atoms with Gasteiger partial charge in [-0.15, -0.1) is 0 Å². The Morgan fingerprint density at radius 1 is 1.33 bits per heavy atom. The number of carbonyl (C=O) groups excluding carboxylic acids is 1. The largest absolute Gasteiger partial charge is 0.507 e. The SMILES string of the molecule is O=C1NCCCC1NS(=O)(=O)c1ccccc1O. The first-order valence-electron chi connectivity index (χ1n) is 5.59. The van der Waals surface area contributed by atoms with Gasteiger partial charge in [-0.05, 0) is 25.0 Å². The van der Waals surface area contributed by atoms with E-state index < -0.39 is 16.1 Å². The molecule has 1 aliphatic rings. The molecule has 1 aromatic carbocycles. The highest BCUT2D eigenvalue weighted by atomic mass is 32.2. The molecule has 98 valence electrons. The van der Waals surface area contributed by atoms with E-state index in [4.69, 9.17) is 0 Å². The van der Waals surface area contributed by atoms with Crippen molar-refractivity contribution in [1.29, 1.82) is 0 Å². The summed E-state index contributed by atoms with van der Waals surface area (Å²) in [5.41, 5.74) is 0. The summed E-state index contributed by atoms with van der Waals surface area (Å²) in [4.78, 5) is 11.3. The highest BCUT2D eigenvalue weighted by Gasteiger charge is 2.28. The Kier molecular flexibility index (Phi) is 3.53. The molecule has 0 radical (unpaired) electrons. The van der Waals surface area contributed by atoms with Gasteiger partial charge in [-0.3, -0.25) is 4.79 Å². The van der Waals surface area contributed by atoms with E-state index in [9.17, 15) is 18.3 Å². The van der Waals surface area contributed by atoms with Crippen LogP contribution in [0.15, 0.2) is 29.2 Å². The van der Waals surface area contributed by atoms with Crippen LogP contribution >= 0.6 is 0 Å². The number of nitrogens with one attached hydrogen (secondary N) is 2. The zero-order valence-electron chi connectivity index (χ0n) is 9.59. The Bertz CT molecular complexity index is 556. The summed E-state index contributed by atoms with van der Waals surface area (Å²) in [7, 11) is -3.88. The van der Waals surface area contributed by atoms with Crippen LogP contribution in [0.2, 0.25) is 0 Å². The molecule has 1 atom stereocenters. The van der Waals surface area contributed by atoms with Gasteiger partial charge < -0.3 is 10.4 Å². The number of aromatic hydroxyl groups is 1. The lowest BCUT2D eigenvalue weighted by Gasteiger charge is -2.22. The van der Waals surface area contributed by atoms with Crippen LogP contribution < -0.4 is 10.0 Å². The number of carbonyl (C=O) groups is 1. The summed E-state index contributed by atoms with van der Waals surface area (Å²) in [5, 5.41) is 12.1. The number of para-hydroxylation sites is 1. The number of phenols is 1. The van der Waals surface area contributed by atoms with Crippen LogP contribution in [0.25, 0.3) is 0 Å². The molecule has 0 saturated carbocycles. The molecular formula is C11H14N2O4S. The normalized spacial score (nSPS) is 20.4. The zero-order chi connectivity index (χ0) is 13.2. The first-order valence-corrected chi connectivity index (χ1v) is 7.07. The first-order chi connectivity index (χ1) is 8.50. The first kappa shape index (κ1) is 12.8. The summed E-state index contributed by atoms with van der Waals surface area (Å²) in [6.07, 6.45) is 1.18. The molecule has 0 bridgehead atoms. The summed E-state index contributed by atoms with van der Waals surface area (Å²) < 4.78 is 26.3. The van der Waals surface area contributed by atoms with Gasteiger partial charge in [0.2, 0.25) is 15.9 Å². The molecule has 1 amide bonds. The smallest absolute Gasteiger partial charge is 0.244 e. The number of hydrogen-bond acceptors (Lipinski definition) is 4. The molecule has 0 aromatic heterocycles. The van der Waals surface area contributed by atoms with Crippen LogP contribution in [0.4, 0.5) is 0 Å². The maximum Gasteiger partial charge on any atom is 0.244 e. The lowest BCUT2D eigenvalue weighted by atomic mass is 10.1. The van der Waals surface area contributed by atoms with Gasteiger partial charge in [0.25, 0.3) is 0 Å². The molecule has 3 N–H and O–H groups in total. The zero-order valence-corrected chi connectivity index (χ0v) is 10.4. The van der Waals surface area contributed by atoms with E-state index in [1.807, 2.05) is 0 Å². The Balaban J connectivity index is 2.22. The van der Waals surface area contributed by atoms with E-state index in [0.717, 1.165) is 6.42 Å². The van der Waals surface area contributed by atoms with Crippen LogP contribution in [0.3, 0.4) is 0 Å². The molecule has 1 unspecified atom stereocenters. The van der Waals surface area contributed by atoms with Crippen LogP contribution in [0.1, 0.15) is 12.8 Å². The Morgan fingerprint density at radius 3 is 2.72 bits per heavy atom. The van der Waals surface area contributed by atoms with Gasteiger partial charge in [0.1, 0.15) is 16.7 Å². The van der Waals surface area contributed by atoms with Gasteiger partial charge in [0, 0.05) is 6.54 Å². The van der Waals surface area contributed by atoms with Crippen molar-refractivity contribution in [1.82, 2.24) is 10.0 Å². The van der Waals surface area contributed by atoms with E-state index >= 15 is 0 Å². The third-order valence-corrected chi connectivity index (χ3v) is 4.26. The van der Waals surface area contributed by atoms with E-state index in [1.165, 1.54) is 24.3 Å². The van der Waals surface area contributed by atoms with Gasteiger partial charge in [0.05, 0.1) is 0 Å². The van der Waals surface area contributed by atoms with Crippen LogP contribution in [-0.2, 0) is 14.8 Å². The molecule has 1 saturated heterocycles. The number of phenolic OH excluding ortho intramolecular Hbond substituents is 1. The molecule has 2 rings (SSSR count). The van der Waals surface area contributed by atoms with Crippen molar-refractivity contribution in [2.75, 3.05) is 6.54 Å². The molecule has 0 spiro atoms. The van der Waals surface area contributed by atoms with Crippen molar-refractivity contribution >= 4 is 15.9 Å². The molecule has 1 heterocycles. The van der Waals surface area contributed by atoms with E-state index in [2.05, 4.69) is 10.0 Å². The second kappa shape index (κ2) is 4.95. The van der Waals surface area contributed by atoms with E-state index in [0.29, 0.717) is 13.0 Å². The van der Waals surface area contributed by atoms with Crippen LogP contribution in [-0.4, -0.2) is 32.0 Å². The second-order valence-electron chi connectivity index (χ2n) is 4.07. The van der Waals surface area contributed by atoms with Gasteiger partial charge >= 0.3 is 0 Å². The molecule has 6 nitrogen and oxygen atoms in total. The number of piperidine rings is 1. The van der Waals surface area contributed by atoms with Gasteiger partial charge in [-0.2, -0.15) is 4.72 Å². The maximum atomic E-state index is 12.0. The predicted molar refractivity (Wildman–Crippen MR) is 64.5 cm³/mol. The predicted octanol–water partition coefficient (Wildman–Crippen LogP) is -0.0509. The standard InChI is InChI=1S/C11H14N2O4S/c14-9-5-1-2-6-10(9)18(16,17)13-8-4-3-7-12-11(8)15/h1-2,5-6,8,13-14H,3-4,7H2,(H,12,15). The maximum absolute atomic E-state index is 12.0. The molecule has 1 aliphatic heterocycles. The summed E-state index contributed by atoms with van der Waals surface area (Å²) in [5.74, 6) is -0.665. The highest BCUT2D eigenvalue weighted by Crippen LogP contribution is 2.22. The number of sulfonamides is 1. The van der Waals surface area contributed by atoms with Crippen molar-refractivity contribution in [2.45, 2.75) is 23.8 Å². The van der Waals surface area contributed by atoms with Crippen LogP contribution in [0, 0.1) is 0 Å². The highest BCUT2D eigenvalue weighted by molar-refractivity contribution is 7.89. The second-order valence-corrected chi connectivity index (χ2v) is 5.76. The van der Waals surface area contributed by atoms with Gasteiger partial charge in [-0.1, -0.05) is 12.1 Å². The number of hydrogen-bond donors (Lipinski definition) is 3. The fraction of sp³-hybridized carbons (Fsp3) is 0.364. The van der Waals surface area contributed by atoms with Crippen molar-refractivity contribution < 1.29 is 18.3 Å². The Labute approximate surface area is 105 Å². The quantitative estimate of drug-likeness (QED) is 0.717. The molecule has 0 aliphatic carbocycles. The van der Waals surface area contributed by atoms with Crippen molar-refractivity contribution in [3.63, 3.8) is 0 Å². The van der Waals surface area contributed by atoms with Gasteiger partial charge in [0.15, 0.2) is 0 Å². The molecule has 18 heavy (non-hydrogen) atoms.